The first-order chi connectivity index (χ1) is 18.1. The van der Waals surface area contributed by atoms with Gasteiger partial charge in [0.15, 0.2) is 9.84 Å². The molecule has 0 bridgehead atoms. The Morgan fingerprint density at radius 1 is 1.00 bits per heavy atom. The number of carbonyl (C=O) groups is 1. The third-order valence-electron chi connectivity index (χ3n) is 6.90. The topological polar surface area (TPSA) is 68.2 Å². The summed E-state index contributed by atoms with van der Waals surface area (Å²) in [6, 6.07) is 19.5. The molecule has 9 heteroatoms. The summed E-state index contributed by atoms with van der Waals surface area (Å²) in [5.41, 5.74) is 2.49. The number of amides is 1. The fourth-order valence-electron chi connectivity index (χ4n) is 4.75. The van der Waals surface area contributed by atoms with Crippen LogP contribution in [0, 0.1) is 0 Å². The molecule has 1 aliphatic carbocycles. The highest BCUT2D eigenvalue weighted by Gasteiger charge is 2.34. The summed E-state index contributed by atoms with van der Waals surface area (Å²) >= 11 is 0. The van der Waals surface area contributed by atoms with Crippen molar-refractivity contribution in [2.24, 2.45) is 0 Å². The van der Waals surface area contributed by atoms with Gasteiger partial charge in [0.2, 0.25) is 0 Å². The SMILES string of the molecule is CCS(=O)(=O)c1ccc(CNC(=O)c2ccc3c(c2)cc(Cc2ccccc2C(F)(F)F)n3C2CC2)cc1. The van der Waals surface area contributed by atoms with E-state index in [9.17, 15) is 26.4 Å². The fourth-order valence-corrected chi connectivity index (χ4v) is 5.63. The molecule has 1 amide bonds. The number of nitrogens with one attached hydrogen (secondary N) is 1. The second-order valence-corrected chi connectivity index (χ2v) is 11.9. The van der Waals surface area contributed by atoms with Crippen molar-refractivity contribution >= 4 is 26.6 Å². The number of carbonyl (C=O) groups excluding carboxylic acids is 1. The number of alkyl halides is 3. The summed E-state index contributed by atoms with van der Waals surface area (Å²) in [6.45, 7) is 1.81. The molecule has 1 aliphatic rings. The Morgan fingerprint density at radius 3 is 2.37 bits per heavy atom. The summed E-state index contributed by atoms with van der Waals surface area (Å²) in [5.74, 6) is -0.273. The molecule has 5 rings (SSSR count). The maximum Gasteiger partial charge on any atom is 0.416 e. The number of rotatable bonds is 8. The van der Waals surface area contributed by atoms with Gasteiger partial charge < -0.3 is 9.88 Å². The Bertz CT molecular complexity index is 1600. The molecule has 0 radical (unpaired) electrons. The van der Waals surface area contributed by atoms with Gasteiger partial charge in [-0.15, -0.1) is 0 Å². The second-order valence-electron chi connectivity index (χ2n) is 9.57. The van der Waals surface area contributed by atoms with Crippen LogP contribution in [0.1, 0.15) is 58.5 Å². The number of benzene rings is 3. The van der Waals surface area contributed by atoms with Crippen LogP contribution in [0.15, 0.2) is 77.7 Å². The first-order valence-electron chi connectivity index (χ1n) is 12.5. The summed E-state index contributed by atoms with van der Waals surface area (Å²) in [7, 11) is -3.29. The zero-order valence-corrected chi connectivity index (χ0v) is 21.6. The van der Waals surface area contributed by atoms with E-state index in [2.05, 4.69) is 9.88 Å². The molecule has 0 saturated heterocycles. The predicted molar refractivity (Wildman–Crippen MR) is 140 cm³/mol. The van der Waals surface area contributed by atoms with Crippen LogP contribution in [0.3, 0.4) is 0 Å². The Kier molecular flexibility index (Phi) is 6.81. The normalized spacial score (nSPS) is 14.1. The fraction of sp³-hybridized carbons (Fsp3) is 0.276. The monoisotopic (exact) mass is 540 g/mol. The van der Waals surface area contributed by atoms with E-state index in [0.29, 0.717) is 5.56 Å². The van der Waals surface area contributed by atoms with E-state index < -0.39 is 21.6 Å². The van der Waals surface area contributed by atoms with Crippen LogP contribution in [0.4, 0.5) is 13.2 Å². The second kappa shape index (κ2) is 9.94. The molecule has 0 atom stereocenters. The van der Waals surface area contributed by atoms with Crippen molar-refractivity contribution in [1.82, 2.24) is 9.88 Å². The molecule has 0 aliphatic heterocycles. The molecular weight excluding hydrogens is 513 g/mol. The number of nitrogens with zero attached hydrogens (tertiary/aromatic N) is 1. The van der Waals surface area contributed by atoms with Gasteiger partial charge in [0.1, 0.15) is 0 Å². The van der Waals surface area contributed by atoms with Gasteiger partial charge in [0.25, 0.3) is 5.91 Å². The molecular formula is C29H27F3N2O3S. The Labute approximate surface area is 219 Å². The molecule has 1 fully saturated rings. The van der Waals surface area contributed by atoms with Crippen molar-refractivity contribution in [3.05, 3.63) is 101 Å². The number of hydrogen-bond acceptors (Lipinski definition) is 3. The van der Waals surface area contributed by atoms with Crippen LogP contribution >= 0.6 is 0 Å². The third-order valence-corrected chi connectivity index (χ3v) is 8.65. The van der Waals surface area contributed by atoms with Crippen molar-refractivity contribution in [2.45, 2.75) is 49.8 Å². The van der Waals surface area contributed by atoms with E-state index in [-0.39, 0.29) is 41.1 Å². The highest BCUT2D eigenvalue weighted by atomic mass is 32.2. The molecule has 4 aromatic rings. The molecule has 1 aromatic heterocycles. The van der Waals surface area contributed by atoms with Gasteiger partial charge in [0.05, 0.1) is 16.2 Å². The van der Waals surface area contributed by atoms with Crippen molar-refractivity contribution in [3.63, 3.8) is 0 Å². The molecule has 5 nitrogen and oxygen atoms in total. The Balaban J connectivity index is 1.37. The summed E-state index contributed by atoms with van der Waals surface area (Å²) in [4.78, 5) is 13.1. The number of aromatic nitrogens is 1. The summed E-state index contributed by atoms with van der Waals surface area (Å²) in [5, 5.41) is 3.66. The average Bonchev–Trinajstić information content (AvgIpc) is 3.67. The lowest BCUT2D eigenvalue weighted by Gasteiger charge is -2.14. The zero-order valence-electron chi connectivity index (χ0n) is 20.8. The number of hydrogen-bond donors (Lipinski definition) is 1. The quantitative estimate of drug-likeness (QED) is 0.285. The maximum atomic E-state index is 13.6. The van der Waals surface area contributed by atoms with Crippen LogP contribution in [-0.2, 0) is 29.0 Å². The van der Waals surface area contributed by atoms with Crippen molar-refractivity contribution < 1.29 is 26.4 Å². The molecule has 1 saturated carbocycles. The summed E-state index contributed by atoms with van der Waals surface area (Å²) in [6.07, 6.45) is -2.34. The standard InChI is InChI=1S/C29H27F3N2O3S/c1-2-38(36,37)25-12-7-19(8-13-25)18-33-28(35)21-9-14-27-22(15-21)17-24(34(27)23-10-11-23)16-20-5-3-4-6-26(20)29(30,31)32/h3-9,12-15,17,23H,2,10-11,16,18H2,1H3,(H,33,35). The smallest absolute Gasteiger partial charge is 0.348 e. The van der Waals surface area contributed by atoms with Gasteiger partial charge in [-0.1, -0.05) is 37.3 Å². The van der Waals surface area contributed by atoms with Gasteiger partial charge in [0, 0.05) is 41.2 Å². The van der Waals surface area contributed by atoms with Crippen molar-refractivity contribution in [2.75, 3.05) is 5.75 Å². The average molecular weight is 541 g/mol. The van der Waals surface area contributed by atoms with Gasteiger partial charge in [-0.25, -0.2) is 8.42 Å². The minimum atomic E-state index is -4.43. The van der Waals surface area contributed by atoms with Crippen molar-refractivity contribution in [3.8, 4) is 0 Å². The first kappa shape index (κ1) is 26.0. The largest absolute Gasteiger partial charge is 0.416 e. The van der Waals surface area contributed by atoms with E-state index in [4.69, 9.17) is 0 Å². The van der Waals surface area contributed by atoms with Crippen molar-refractivity contribution in [1.29, 1.82) is 0 Å². The minimum absolute atomic E-state index is 0.0184. The Morgan fingerprint density at radius 2 is 1.71 bits per heavy atom. The highest BCUT2D eigenvalue weighted by Crippen LogP contribution is 2.41. The molecule has 1 N–H and O–H groups in total. The molecule has 0 unspecified atom stereocenters. The van der Waals surface area contributed by atoms with Crippen LogP contribution < -0.4 is 5.32 Å². The van der Waals surface area contributed by atoms with Gasteiger partial charge in [-0.3, -0.25) is 4.79 Å². The minimum Gasteiger partial charge on any atom is -0.348 e. The first-order valence-corrected chi connectivity index (χ1v) is 14.1. The van der Waals surface area contributed by atoms with Crippen LogP contribution in [0.5, 0.6) is 0 Å². The highest BCUT2D eigenvalue weighted by molar-refractivity contribution is 7.91. The van der Waals surface area contributed by atoms with E-state index in [1.807, 2.05) is 12.1 Å². The number of fused-ring (bicyclic) bond motifs is 1. The van der Waals surface area contributed by atoms with Gasteiger partial charge in [-0.2, -0.15) is 13.2 Å². The molecule has 38 heavy (non-hydrogen) atoms. The molecule has 0 spiro atoms. The molecule has 1 heterocycles. The third kappa shape index (κ3) is 5.34. The van der Waals surface area contributed by atoms with E-state index in [0.717, 1.165) is 41.1 Å². The van der Waals surface area contributed by atoms with Gasteiger partial charge in [-0.05, 0) is 66.4 Å². The van der Waals surface area contributed by atoms with Crippen LogP contribution in [-0.4, -0.2) is 24.6 Å². The lowest BCUT2D eigenvalue weighted by atomic mass is 10.0. The van der Waals surface area contributed by atoms with Crippen LogP contribution in [0.25, 0.3) is 10.9 Å². The lowest BCUT2D eigenvalue weighted by molar-refractivity contribution is -0.138. The van der Waals surface area contributed by atoms with E-state index >= 15 is 0 Å². The Hall–Kier alpha value is -3.59. The number of sulfone groups is 1. The maximum absolute atomic E-state index is 13.6. The molecule has 3 aromatic carbocycles. The molecule has 198 valence electrons. The number of halogens is 3. The zero-order chi connectivity index (χ0) is 27.1. The predicted octanol–water partition coefficient (Wildman–Crippen LogP) is 6.31. The lowest BCUT2D eigenvalue weighted by Crippen LogP contribution is -2.22. The van der Waals surface area contributed by atoms with Gasteiger partial charge >= 0.3 is 6.18 Å². The van der Waals surface area contributed by atoms with E-state index in [1.54, 1.807) is 37.3 Å². The van der Waals surface area contributed by atoms with E-state index in [1.165, 1.54) is 24.3 Å². The summed E-state index contributed by atoms with van der Waals surface area (Å²) < 4.78 is 66.8. The van der Waals surface area contributed by atoms with Crippen LogP contribution in [0.2, 0.25) is 0 Å².